The summed E-state index contributed by atoms with van der Waals surface area (Å²) in [6.07, 6.45) is -4.73. The number of hydrogen-bond acceptors (Lipinski definition) is 3. The Morgan fingerprint density at radius 2 is 1.82 bits per heavy atom. The van der Waals surface area contributed by atoms with Gasteiger partial charge in [0.05, 0.1) is 0 Å². The molecule has 0 heterocycles. The predicted molar refractivity (Wildman–Crippen MR) is 72.9 cm³/mol. The molecule has 0 saturated heterocycles. The molecule has 0 radical (unpaired) electrons. The summed E-state index contributed by atoms with van der Waals surface area (Å²) in [5, 5.41) is 2.47. The molecule has 1 N–H and O–H groups in total. The number of carbonyl (C=O) groups excluding carboxylic acids is 2. The van der Waals surface area contributed by atoms with Crippen molar-refractivity contribution in [3.8, 4) is 5.75 Å². The minimum Gasteiger partial charge on any atom is -0.406 e. The maximum Gasteiger partial charge on any atom is 0.573 e. The third-order valence-corrected chi connectivity index (χ3v) is 2.74. The van der Waals surface area contributed by atoms with Crippen molar-refractivity contribution >= 4 is 11.8 Å². The van der Waals surface area contributed by atoms with Gasteiger partial charge < -0.3 is 15.0 Å². The smallest absolute Gasteiger partial charge is 0.406 e. The SMILES string of the molecule is CC(=O)NC(C)C(=O)N(C)Cc1ccc(OC(F)(F)F)cc1. The molecular formula is C14H17F3N2O3. The second-order valence-corrected chi connectivity index (χ2v) is 4.81. The molecule has 1 rings (SSSR count). The van der Waals surface area contributed by atoms with Gasteiger partial charge in [0.1, 0.15) is 11.8 Å². The van der Waals surface area contributed by atoms with E-state index in [9.17, 15) is 22.8 Å². The number of halogens is 3. The molecule has 1 unspecified atom stereocenters. The number of ether oxygens (including phenoxy) is 1. The highest BCUT2D eigenvalue weighted by atomic mass is 19.4. The molecule has 0 saturated carbocycles. The lowest BCUT2D eigenvalue weighted by Gasteiger charge is -2.22. The molecule has 0 fully saturated rings. The fourth-order valence-corrected chi connectivity index (χ4v) is 1.85. The molecule has 8 heteroatoms. The van der Waals surface area contributed by atoms with E-state index in [0.29, 0.717) is 5.56 Å². The molecular weight excluding hydrogens is 301 g/mol. The summed E-state index contributed by atoms with van der Waals surface area (Å²) in [4.78, 5) is 24.3. The zero-order chi connectivity index (χ0) is 16.9. The van der Waals surface area contributed by atoms with Gasteiger partial charge in [-0.3, -0.25) is 9.59 Å². The summed E-state index contributed by atoms with van der Waals surface area (Å²) in [6, 6.07) is 4.56. The van der Waals surface area contributed by atoms with Gasteiger partial charge in [-0.25, -0.2) is 0 Å². The maximum absolute atomic E-state index is 12.0. The lowest BCUT2D eigenvalue weighted by molar-refractivity contribution is -0.274. The average molecular weight is 318 g/mol. The van der Waals surface area contributed by atoms with Gasteiger partial charge in [0.25, 0.3) is 0 Å². The van der Waals surface area contributed by atoms with Crippen LogP contribution < -0.4 is 10.1 Å². The van der Waals surface area contributed by atoms with E-state index in [2.05, 4.69) is 10.1 Å². The van der Waals surface area contributed by atoms with Crippen molar-refractivity contribution < 1.29 is 27.5 Å². The predicted octanol–water partition coefficient (Wildman–Crippen LogP) is 2.07. The average Bonchev–Trinajstić information content (AvgIpc) is 2.37. The van der Waals surface area contributed by atoms with Gasteiger partial charge in [-0.05, 0) is 24.6 Å². The first kappa shape index (κ1) is 17.8. The standard InChI is InChI=1S/C14H17F3N2O3/c1-9(18-10(2)20)13(21)19(3)8-11-4-6-12(7-5-11)22-14(15,16)17/h4-7,9H,8H2,1-3H3,(H,18,20). The Morgan fingerprint density at radius 3 is 2.27 bits per heavy atom. The van der Waals surface area contributed by atoms with Gasteiger partial charge >= 0.3 is 6.36 Å². The Labute approximate surface area is 126 Å². The zero-order valence-corrected chi connectivity index (χ0v) is 12.4. The number of carbonyl (C=O) groups is 2. The largest absolute Gasteiger partial charge is 0.573 e. The van der Waals surface area contributed by atoms with Crippen molar-refractivity contribution in [2.24, 2.45) is 0 Å². The van der Waals surface area contributed by atoms with E-state index >= 15 is 0 Å². The van der Waals surface area contributed by atoms with Crippen molar-refractivity contribution in [1.29, 1.82) is 0 Å². The number of amides is 2. The summed E-state index contributed by atoms with van der Waals surface area (Å²) in [6.45, 7) is 3.07. The quantitative estimate of drug-likeness (QED) is 0.904. The molecule has 1 aromatic rings. The van der Waals surface area contributed by atoms with Crippen LogP contribution in [0.25, 0.3) is 0 Å². The highest BCUT2D eigenvalue weighted by Crippen LogP contribution is 2.23. The monoisotopic (exact) mass is 318 g/mol. The van der Waals surface area contributed by atoms with E-state index in [1.54, 1.807) is 14.0 Å². The Kier molecular flexibility index (Phi) is 5.78. The Morgan fingerprint density at radius 1 is 1.27 bits per heavy atom. The van der Waals surface area contributed by atoms with Crippen LogP contribution >= 0.6 is 0 Å². The number of nitrogens with one attached hydrogen (secondary N) is 1. The van der Waals surface area contributed by atoms with Crippen LogP contribution in [0.2, 0.25) is 0 Å². The third-order valence-electron chi connectivity index (χ3n) is 2.74. The summed E-state index contributed by atoms with van der Waals surface area (Å²) >= 11 is 0. The Balaban J connectivity index is 2.63. The lowest BCUT2D eigenvalue weighted by atomic mass is 10.2. The van der Waals surface area contributed by atoms with Crippen molar-refractivity contribution in [3.63, 3.8) is 0 Å². The van der Waals surface area contributed by atoms with Gasteiger partial charge in [-0.2, -0.15) is 0 Å². The van der Waals surface area contributed by atoms with E-state index < -0.39 is 12.4 Å². The second-order valence-electron chi connectivity index (χ2n) is 4.81. The van der Waals surface area contributed by atoms with E-state index in [1.165, 1.54) is 36.1 Å². The van der Waals surface area contributed by atoms with E-state index in [4.69, 9.17) is 0 Å². The van der Waals surface area contributed by atoms with Gasteiger partial charge in [0.2, 0.25) is 11.8 Å². The highest BCUT2D eigenvalue weighted by molar-refractivity contribution is 5.86. The molecule has 22 heavy (non-hydrogen) atoms. The molecule has 0 aliphatic carbocycles. The number of hydrogen-bond donors (Lipinski definition) is 1. The topological polar surface area (TPSA) is 58.6 Å². The van der Waals surface area contributed by atoms with E-state index in [-0.39, 0.29) is 24.1 Å². The van der Waals surface area contributed by atoms with Crippen LogP contribution in [0.3, 0.4) is 0 Å². The van der Waals surface area contributed by atoms with Gasteiger partial charge in [-0.1, -0.05) is 12.1 Å². The fraction of sp³-hybridized carbons (Fsp3) is 0.429. The molecule has 2 amide bonds. The normalized spacial score (nSPS) is 12.5. The molecule has 122 valence electrons. The van der Waals surface area contributed by atoms with Crippen molar-refractivity contribution in [2.45, 2.75) is 32.8 Å². The molecule has 0 aliphatic heterocycles. The summed E-state index contributed by atoms with van der Waals surface area (Å²) in [5.74, 6) is -0.939. The molecule has 5 nitrogen and oxygen atoms in total. The Hall–Kier alpha value is -2.25. The first-order valence-electron chi connectivity index (χ1n) is 6.45. The molecule has 1 aromatic carbocycles. The first-order chi connectivity index (χ1) is 10.1. The van der Waals surface area contributed by atoms with Crippen LogP contribution in [0.1, 0.15) is 19.4 Å². The van der Waals surface area contributed by atoms with Crippen LogP contribution in [0.5, 0.6) is 5.75 Å². The lowest BCUT2D eigenvalue weighted by Crippen LogP contribution is -2.44. The second kappa shape index (κ2) is 7.15. The van der Waals surface area contributed by atoms with Crippen LogP contribution in [0.4, 0.5) is 13.2 Å². The van der Waals surface area contributed by atoms with Gasteiger partial charge in [0.15, 0.2) is 0 Å². The summed E-state index contributed by atoms with van der Waals surface area (Å²) in [5.41, 5.74) is 0.639. The van der Waals surface area contributed by atoms with Crippen LogP contribution in [-0.4, -0.2) is 36.2 Å². The maximum atomic E-state index is 12.0. The van der Waals surface area contributed by atoms with Crippen LogP contribution in [-0.2, 0) is 16.1 Å². The zero-order valence-electron chi connectivity index (χ0n) is 12.4. The Bertz CT molecular complexity index is 529. The minimum absolute atomic E-state index is 0.203. The highest BCUT2D eigenvalue weighted by Gasteiger charge is 2.31. The van der Waals surface area contributed by atoms with Crippen LogP contribution in [0.15, 0.2) is 24.3 Å². The minimum atomic E-state index is -4.73. The van der Waals surface area contributed by atoms with E-state index in [0.717, 1.165) is 0 Å². The van der Waals surface area contributed by atoms with Crippen LogP contribution in [0, 0.1) is 0 Å². The van der Waals surface area contributed by atoms with Crippen molar-refractivity contribution in [3.05, 3.63) is 29.8 Å². The third kappa shape index (κ3) is 6.02. The number of nitrogens with zero attached hydrogens (tertiary/aromatic N) is 1. The van der Waals surface area contributed by atoms with E-state index in [1.807, 2.05) is 0 Å². The summed E-state index contributed by atoms with van der Waals surface area (Å²) < 4.78 is 39.9. The number of likely N-dealkylation sites (N-methyl/N-ethyl adjacent to an activating group) is 1. The molecule has 0 bridgehead atoms. The molecule has 0 spiro atoms. The fourth-order valence-electron chi connectivity index (χ4n) is 1.85. The number of rotatable bonds is 5. The first-order valence-corrected chi connectivity index (χ1v) is 6.45. The van der Waals surface area contributed by atoms with Gasteiger partial charge in [-0.15, -0.1) is 13.2 Å². The van der Waals surface area contributed by atoms with Gasteiger partial charge in [0, 0.05) is 20.5 Å². The molecule has 0 aliphatic rings. The van der Waals surface area contributed by atoms with Crippen molar-refractivity contribution in [2.75, 3.05) is 7.05 Å². The molecule has 1 atom stereocenters. The summed E-state index contributed by atoms with van der Waals surface area (Å²) in [7, 11) is 1.54. The van der Waals surface area contributed by atoms with Crippen molar-refractivity contribution in [1.82, 2.24) is 10.2 Å². The number of benzene rings is 1. The number of alkyl halides is 3. The molecule has 0 aromatic heterocycles.